The molecular formula is C22H29N3O2. The number of likely N-dealkylation sites (tertiary alicyclic amines) is 1. The molecule has 144 valence electrons. The van der Waals surface area contributed by atoms with E-state index in [4.69, 9.17) is 0 Å². The van der Waals surface area contributed by atoms with Crippen LogP contribution in [0, 0.1) is 11.8 Å². The summed E-state index contributed by atoms with van der Waals surface area (Å²) in [6.45, 7) is 8.25. The van der Waals surface area contributed by atoms with Crippen LogP contribution in [0.25, 0.3) is 0 Å². The number of hydrogen-bond acceptors (Lipinski definition) is 3. The molecule has 1 aromatic heterocycles. The Hall–Kier alpha value is -2.40. The lowest BCUT2D eigenvalue weighted by Gasteiger charge is -2.35. The Morgan fingerprint density at radius 3 is 2.44 bits per heavy atom. The van der Waals surface area contributed by atoms with Crippen LogP contribution in [-0.4, -0.2) is 28.5 Å². The maximum Gasteiger partial charge on any atom is 0.251 e. The number of pyridine rings is 1. The van der Waals surface area contributed by atoms with E-state index in [0.29, 0.717) is 12.1 Å². The molecular weight excluding hydrogens is 338 g/mol. The summed E-state index contributed by atoms with van der Waals surface area (Å²) in [6, 6.07) is 11.3. The van der Waals surface area contributed by atoms with E-state index >= 15 is 0 Å². The molecule has 1 aromatic carbocycles. The Morgan fingerprint density at radius 1 is 1.11 bits per heavy atom. The Labute approximate surface area is 161 Å². The first kappa shape index (κ1) is 19.4. The summed E-state index contributed by atoms with van der Waals surface area (Å²) in [7, 11) is 1.67. The zero-order valence-corrected chi connectivity index (χ0v) is 16.4. The van der Waals surface area contributed by atoms with Gasteiger partial charge >= 0.3 is 0 Å². The highest BCUT2D eigenvalue weighted by Crippen LogP contribution is 2.23. The van der Waals surface area contributed by atoms with Gasteiger partial charge in [-0.3, -0.25) is 14.5 Å². The summed E-state index contributed by atoms with van der Waals surface area (Å²) in [4.78, 5) is 26.6. The number of rotatable bonds is 5. The number of hydrogen-bond donors (Lipinski definition) is 1. The molecule has 0 bridgehead atoms. The molecule has 27 heavy (non-hydrogen) atoms. The van der Waals surface area contributed by atoms with Crippen LogP contribution in [-0.2, 0) is 20.1 Å². The summed E-state index contributed by atoms with van der Waals surface area (Å²) in [5.74, 6) is 1.23. The minimum atomic E-state index is -0.220. The standard InChI is InChI=1S/C22H29N3O2/c1-16-10-17(2)14-25(13-16)15-20-7-5-4-6-19(20)12-23-22(27)18-8-9-24(3)21(26)11-18/h4-9,11,16-17H,10,12-15H2,1-3H3,(H,23,27)/t16-,17+. The van der Waals surface area contributed by atoms with Crippen molar-refractivity contribution < 1.29 is 4.79 Å². The monoisotopic (exact) mass is 367 g/mol. The molecule has 2 heterocycles. The Bertz CT molecular complexity index is 849. The van der Waals surface area contributed by atoms with E-state index in [1.54, 1.807) is 19.3 Å². The van der Waals surface area contributed by atoms with Gasteiger partial charge < -0.3 is 9.88 Å². The molecule has 1 N–H and O–H groups in total. The summed E-state index contributed by atoms with van der Waals surface area (Å²) < 4.78 is 1.45. The van der Waals surface area contributed by atoms with Gasteiger partial charge in [-0.1, -0.05) is 38.1 Å². The first-order chi connectivity index (χ1) is 12.9. The third kappa shape index (κ3) is 5.07. The normalized spacial score (nSPS) is 20.4. The van der Waals surface area contributed by atoms with Crippen molar-refractivity contribution in [2.45, 2.75) is 33.4 Å². The first-order valence-corrected chi connectivity index (χ1v) is 9.66. The second-order valence-corrected chi connectivity index (χ2v) is 7.96. The molecule has 3 rings (SSSR count). The van der Waals surface area contributed by atoms with E-state index in [1.807, 2.05) is 6.07 Å². The largest absolute Gasteiger partial charge is 0.348 e. The molecule has 1 aliphatic rings. The second-order valence-electron chi connectivity index (χ2n) is 7.96. The van der Waals surface area contributed by atoms with Crippen LogP contribution in [0.4, 0.5) is 0 Å². The van der Waals surface area contributed by atoms with E-state index in [9.17, 15) is 9.59 Å². The molecule has 1 fully saturated rings. The number of carbonyl (C=O) groups is 1. The van der Waals surface area contributed by atoms with E-state index < -0.39 is 0 Å². The molecule has 0 radical (unpaired) electrons. The van der Waals surface area contributed by atoms with Crippen molar-refractivity contribution in [2.24, 2.45) is 18.9 Å². The lowest BCUT2D eigenvalue weighted by molar-refractivity contribution is 0.0950. The fourth-order valence-corrected chi connectivity index (χ4v) is 4.01. The molecule has 0 spiro atoms. The highest BCUT2D eigenvalue weighted by molar-refractivity contribution is 5.93. The number of carbonyl (C=O) groups excluding carboxylic acids is 1. The molecule has 1 amide bonds. The Balaban J connectivity index is 1.66. The van der Waals surface area contributed by atoms with Crippen molar-refractivity contribution >= 4 is 5.91 Å². The highest BCUT2D eigenvalue weighted by atomic mass is 16.2. The van der Waals surface area contributed by atoms with Crippen molar-refractivity contribution in [1.82, 2.24) is 14.8 Å². The molecule has 1 aliphatic heterocycles. The fraction of sp³-hybridized carbons (Fsp3) is 0.455. The van der Waals surface area contributed by atoms with Crippen LogP contribution < -0.4 is 10.9 Å². The minimum Gasteiger partial charge on any atom is -0.348 e. The number of nitrogens with one attached hydrogen (secondary N) is 1. The molecule has 0 unspecified atom stereocenters. The number of aryl methyl sites for hydroxylation is 1. The molecule has 5 nitrogen and oxygen atoms in total. The lowest BCUT2D eigenvalue weighted by Crippen LogP contribution is -2.38. The van der Waals surface area contributed by atoms with Crippen molar-refractivity contribution in [3.05, 3.63) is 69.6 Å². The van der Waals surface area contributed by atoms with E-state index in [-0.39, 0.29) is 11.5 Å². The predicted octanol–water partition coefficient (Wildman–Crippen LogP) is 2.79. The van der Waals surface area contributed by atoms with Gasteiger partial charge in [-0.2, -0.15) is 0 Å². The topological polar surface area (TPSA) is 54.3 Å². The van der Waals surface area contributed by atoms with Gasteiger partial charge in [0.25, 0.3) is 11.5 Å². The molecule has 0 saturated carbocycles. The van der Waals surface area contributed by atoms with Crippen LogP contribution in [0.15, 0.2) is 47.4 Å². The number of piperidine rings is 1. The maximum atomic E-state index is 12.4. The number of aromatic nitrogens is 1. The van der Waals surface area contributed by atoms with Crippen molar-refractivity contribution in [3.8, 4) is 0 Å². The zero-order chi connectivity index (χ0) is 19.4. The first-order valence-electron chi connectivity index (χ1n) is 9.66. The van der Waals surface area contributed by atoms with Gasteiger partial charge in [0.1, 0.15) is 0 Å². The van der Waals surface area contributed by atoms with Gasteiger partial charge in [0.05, 0.1) is 0 Å². The van der Waals surface area contributed by atoms with E-state index in [0.717, 1.165) is 37.0 Å². The van der Waals surface area contributed by atoms with E-state index in [1.165, 1.54) is 22.6 Å². The molecule has 1 saturated heterocycles. The minimum absolute atomic E-state index is 0.184. The molecule has 2 atom stereocenters. The van der Waals surface area contributed by atoms with Crippen molar-refractivity contribution in [3.63, 3.8) is 0 Å². The van der Waals surface area contributed by atoms with Crippen molar-refractivity contribution in [2.75, 3.05) is 13.1 Å². The molecule has 2 aromatic rings. The van der Waals surface area contributed by atoms with Gasteiger partial charge in [0.2, 0.25) is 0 Å². The molecule has 5 heteroatoms. The van der Waals surface area contributed by atoms with Crippen LogP contribution in [0.3, 0.4) is 0 Å². The molecule has 0 aliphatic carbocycles. The SMILES string of the molecule is C[C@@H]1C[C@H](C)CN(Cc2ccccc2CNC(=O)c2ccn(C)c(=O)c2)C1. The smallest absolute Gasteiger partial charge is 0.251 e. The predicted molar refractivity (Wildman–Crippen MR) is 108 cm³/mol. The third-order valence-electron chi connectivity index (χ3n) is 5.26. The average molecular weight is 367 g/mol. The third-order valence-corrected chi connectivity index (χ3v) is 5.26. The summed E-state index contributed by atoms with van der Waals surface area (Å²) in [5, 5.41) is 2.95. The van der Waals surface area contributed by atoms with Gasteiger partial charge in [-0.25, -0.2) is 0 Å². The van der Waals surface area contributed by atoms with Crippen LogP contribution in [0.1, 0.15) is 41.8 Å². The number of benzene rings is 1. The number of amides is 1. The summed E-state index contributed by atoms with van der Waals surface area (Å²) in [5.41, 5.74) is 2.59. The Kier molecular flexibility index (Phi) is 6.11. The maximum absolute atomic E-state index is 12.4. The fourth-order valence-electron chi connectivity index (χ4n) is 4.01. The summed E-state index contributed by atoms with van der Waals surface area (Å²) >= 11 is 0. The lowest BCUT2D eigenvalue weighted by atomic mass is 9.91. The average Bonchev–Trinajstić information content (AvgIpc) is 2.62. The highest BCUT2D eigenvalue weighted by Gasteiger charge is 2.22. The van der Waals surface area contributed by atoms with Gasteiger partial charge in [-0.05, 0) is 35.4 Å². The van der Waals surface area contributed by atoms with E-state index in [2.05, 4.69) is 42.3 Å². The van der Waals surface area contributed by atoms with Crippen LogP contribution in [0.5, 0.6) is 0 Å². The van der Waals surface area contributed by atoms with Gasteiger partial charge in [-0.15, -0.1) is 0 Å². The van der Waals surface area contributed by atoms with Gasteiger partial charge in [0.15, 0.2) is 0 Å². The van der Waals surface area contributed by atoms with Gasteiger partial charge in [0, 0.05) is 51.1 Å². The second kappa shape index (κ2) is 8.53. The zero-order valence-electron chi connectivity index (χ0n) is 16.4. The Morgan fingerprint density at radius 2 is 1.78 bits per heavy atom. The van der Waals surface area contributed by atoms with Crippen molar-refractivity contribution in [1.29, 1.82) is 0 Å². The quantitative estimate of drug-likeness (QED) is 0.884. The summed E-state index contributed by atoms with van der Waals surface area (Å²) in [6.07, 6.45) is 2.91. The van der Waals surface area contributed by atoms with Crippen LogP contribution >= 0.6 is 0 Å². The van der Waals surface area contributed by atoms with Crippen LogP contribution in [0.2, 0.25) is 0 Å². The number of nitrogens with zero attached hydrogens (tertiary/aromatic N) is 2.